The summed E-state index contributed by atoms with van der Waals surface area (Å²) in [4.78, 5) is 12.9. The quantitative estimate of drug-likeness (QED) is 0.498. The highest BCUT2D eigenvalue weighted by molar-refractivity contribution is 7.93. The SMILES string of the molecule is CCOc1ccc(NC(=O)CN(c2ccc(C)cc2)S(=O)(=O)c2cc(C)ccc2OC)cc1. The number of hydrogen-bond acceptors (Lipinski definition) is 5. The van der Waals surface area contributed by atoms with Crippen molar-refractivity contribution in [3.8, 4) is 11.5 Å². The number of carbonyl (C=O) groups is 1. The Hall–Kier alpha value is -3.52. The summed E-state index contributed by atoms with van der Waals surface area (Å²) in [6, 6.07) is 18.8. The first kappa shape index (κ1) is 24.1. The van der Waals surface area contributed by atoms with Gasteiger partial charge in [0.05, 0.1) is 19.4 Å². The lowest BCUT2D eigenvalue weighted by Crippen LogP contribution is -2.38. The molecule has 8 heteroatoms. The number of methoxy groups -OCH3 is 1. The van der Waals surface area contributed by atoms with E-state index >= 15 is 0 Å². The van der Waals surface area contributed by atoms with Gasteiger partial charge in [-0.3, -0.25) is 9.10 Å². The first-order chi connectivity index (χ1) is 15.7. The van der Waals surface area contributed by atoms with Gasteiger partial charge in [-0.25, -0.2) is 8.42 Å². The van der Waals surface area contributed by atoms with Crippen molar-refractivity contribution in [1.29, 1.82) is 0 Å². The van der Waals surface area contributed by atoms with Crippen LogP contribution in [0.5, 0.6) is 11.5 Å². The van der Waals surface area contributed by atoms with Crippen LogP contribution >= 0.6 is 0 Å². The lowest BCUT2D eigenvalue weighted by molar-refractivity contribution is -0.114. The van der Waals surface area contributed by atoms with E-state index in [2.05, 4.69) is 5.32 Å². The van der Waals surface area contributed by atoms with E-state index in [0.29, 0.717) is 23.7 Å². The summed E-state index contributed by atoms with van der Waals surface area (Å²) in [5.74, 6) is 0.422. The van der Waals surface area contributed by atoms with Crippen LogP contribution < -0.4 is 19.1 Å². The number of benzene rings is 3. The Labute approximate surface area is 195 Å². The van der Waals surface area contributed by atoms with Gasteiger partial charge in [-0.2, -0.15) is 0 Å². The Morgan fingerprint density at radius 2 is 1.58 bits per heavy atom. The van der Waals surface area contributed by atoms with Gasteiger partial charge in [0.1, 0.15) is 22.9 Å². The molecule has 0 bridgehead atoms. The first-order valence-electron chi connectivity index (χ1n) is 10.5. The monoisotopic (exact) mass is 468 g/mol. The van der Waals surface area contributed by atoms with Crippen LogP contribution in [0.3, 0.4) is 0 Å². The number of hydrogen-bond donors (Lipinski definition) is 1. The number of aryl methyl sites for hydroxylation is 2. The minimum Gasteiger partial charge on any atom is -0.495 e. The van der Waals surface area contributed by atoms with Gasteiger partial charge in [-0.15, -0.1) is 0 Å². The molecule has 0 unspecified atom stereocenters. The molecule has 0 aliphatic rings. The fourth-order valence-electron chi connectivity index (χ4n) is 3.26. The maximum absolute atomic E-state index is 13.7. The summed E-state index contributed by atoms with van der Waals surface area (Å²) in [6.45, 7) is 5.73. The maximum atomic E-state index is 13.7. The predicted molar refractivity (Wildman–Crippen MR) is 130 cm³/mol. The number of amides is 1. The molecular formula is C25H28N2O5S. The molecular weight excluding hydrogens is 440 g/mol. The Morgan fingerprint density at radius 1 is 0.939 bits per heavy atom. The van der Waals surface area contributed by atoms with Gasteiger partial charge < -0.3 is 14.8 Å². The van der Waals surface area contributed by atoms with E-state index in [4.69, 9.17) is 9.47 Å². The van der Waals surface area contributed by atoms with Crippen molar-refractivity contribution >= 4 is 27.3 Å². The molecule has 0 aromatic heterocycles. The Morgan fingerprint density at radius 3 is 2.18 bits per heavy atom. The zero-order valence-electron chi connectivity index (χ0n) is 19.2. The molecule has 0 fully saturated rings. The molecule has 3 aromatic carbocycles. The average Bonchev–Trinajstić information content (AvgIpc) is 2.79. The van der Waals surface area contributed by atoms with Crippen LogP contribution in [-0.4, -0.2) is 34.6 Å². The molecule has 174 valence electrons. The molecule has 1 amide bonds. The van der Waals surface area contributed by atoms with E-state index in [9.17, 15) is 13.2 Å². The number of carbonyl (C=O) groups excluding carboxylic acids is 1. The molecule has 0 saturated heterocycles. The van der Waals surface area contributed by atoms with Crippen LogP contribution in [0.25, 0.3) is 0 Å². The van der Waals surface area contributed by atoms with Gasteiger partial charge in [0.15, 0.2) is 0 Å². The topological polar surface area (TPSA) is 84.9 Å². The van der Waals surface area contributed by atoms with E-state index in [-0.39, 0.29) is 10.6 Å². The summed E-state index contributed by atoms with van der Waals surface area (Å²) in [6.07, 6.45) is 0. The summed E-state index contributed by atoms with van der Waals surface area (Å²) >= 11 is 0. The second-order valence-corrected chi connectivity index (χ2v) is 9.34. The molecule has 7 nitrogen and oxygen atoms in total. The molecule has 0 heterocycles. The van der Waals surface area contributed by atoms with Crippen LogP contribution in [0.4, 0.5) is 11.4 Å². The molecule has 0 atom stereocenters. The zero-order chi connectivity index (χ0) is 24.0. The molecule has 0 aliphatic heterocycles. The molecule has 0 saturated carbocycles. The van der Waals surface area contributed by atoms with Crippen LogP contribution in [-0.2, 0) is 14.8 Å². The molecule has 0 aliphatic carbocycles. The molecule has 0 radical (unpaired) electrons. The highest BCUT2D eigenvalue weighted by Gasteiger charge is 2.30. The molecule has 0 spiro atoms. The van der Waals surface area contributed by atoms with Crippen molar-refractivity contribution in [3.63, 3.8) is 0 Å². The lowest BCUT2D eigenvalue weighted by Gasteiger charge is -2.25. The average molecular weight is 469 g/mol. The van der Waals surface area contributed by atoms with E-state index in [0.717, 1.165) is 15.4 Å². The van der Waals surface area contributed by atoms with E-state index in [1.54, 1.807) is 73.7 Å². The third-order valence-electron chi connectivity index (χ3n) is 4.95. The summed E-state index contributed by atoms with van der Waals surface area (Å²) < 4.78 is 39.2. The number of rotatable bonds is 9. The Balaban J connectivity index is 1.94. The number of sulfonamides is 1. The summed E-state index contributed by atoms with van der Waals surface area (Å²) in [7, 11) is -2.69. The Kier molecular flexibility index (Phi) is 7.60. The summed E-state index contributed by atoms with van der Waals surface area (Å²) in [5.41, 5.74) is 2.66. The molecule has 3 rings (SSSR count). The van der Waals surface area contributed by atoms with E-state index in [1.807, 2.05) is 13.8 Å². The third kappa shape index (κ3) is 5.84. The predicted octanol–water partition coefficient (Wildman–Crippen LogP) is 4.54. The standard InChI is InChI=1S/C25H28N2O5S/c1-5-32-22-13-9-20(10-14-22)26-25(28)17-27(21-11-6-18(2)7-12-21)33(29,30)24-16-19(3)8-15-23(24)31-4/h6-16H,5,17H2,1-4H3,(H,26,28). The number of nitrogens with one attached hydrogen (secondary N) is 1. The second-order valence-electron chi connectivity index (χ2n) is 7.51. The van der Waals surface area contributed by atoms with Crippen molar-refractivity contribution in [3.05, 3.63) is 77.9 Å². The largest absolute Gasteiger partial charge is 0.495 e. The highest BCUT2D eigenvalue weighted by atomic mass is 32.2. The molecule has 1 N–H and O–H groups in total. The fourth-order valence-corrected chi connectivity index (χ4v) is 4.93. The van der Waals surface area contributed by atoms with Gasteiger partial charge in [-0.1, -0.05) is 23.8 Å². The van der Waals surface area contributed by atoms with Crippen molar-refractivity contribution < 1.29 is 22.7 Å². The van der Waals surface area contributed by atoms with Crippen LogP contribution in [0.15, 0.2) is 71.6 Å². The van der Waals surface area contributed by atoms with E-state index < -0.39 is 22.5 Å². The van der Waals surface area contributed by atoms with Gasteiger partial charge in [0.2, 0.25) is 5.91 Å². The second kappa shape index (κ2) is 10.4. The normalized spacial score (nSPS) is 11.0. The Bertz CT molecular complexity index is 1210. The smallest absolute Gasteiger partial charge is 0.268 e. The molecule has 33 heavy (non-hydrogen) atoms. The zero-order valence-corrected chi connectivity index (χ0v) is 20.0. The van der Waals surface area contributed by atoms with E-state index in [1.165, 1.54) is 7.11 Å². The minimum atomic E-state index is -4.11. The van der Waals surface area contributed by atoms with Gasteiger partial charge in [0, 0.05) is 5.69 Å². The van der Waals surface area contributed by atoms with Crippen molar-refractivity contribution in [1.82, 2.24) is 0 Å². The minimum absolute atomic E-state index is 0.000516. The van der Waals surface area contributed by atoms with Crippen LogP contribution in [0, 0.1) is 13.8 Å². The number of ether oxygens (including phenoxy) is 2. The fraction of sp³-hybridized carbons (Fsp3) is 0.240. The summed E-state index contributed by atoms with van der Waals surface area (Å²) in [5, 5.41) is 2.75. The van der Waals surface area contributed by atoms with Gasteiger partial charge in [-0.05, 0) is 74.9 Å². The number of anilines is 2. The molecule has 3 aromatic rings. The van der Waals surface area contributed by atoms with Crippen molar-refractivity contribution in [2.45, 2.75) is 25.7 Å². The third-order valence-corrected chi connectivity index (χ3v) is 6.74. The van der Waals surface area contributed by atoms with Gasteiger partial charge >= 0.3 is 0 Å². The first-order valence-corrected chi connectivity index (χ1v) is 12.0. The van der Waals surface area contributed by atoms with Crippen molar-refractivity contribution in [2.24, 2.45) is 0 Å². The lowest BCUT2D eigenvalue weighted by atomic mass is 10.2. The van der Waals surface area contributed by atoms with Gasteiger partial charge in [0.25, 0.3) is 10.0 Å². The van der Waals surface area contributed by atoms with Crippen molar-refractivity contribution in [2.75, 3.05) is 29.9 Å². The number of nitrogens with zero attached hydrogens (tertiary/aromatic N) is 1. The highest BCUT2D eigenvalue weighted by Crippen LogP contribution is 2.31. The maximum Gasteiger partial charge on any atom is 0.268 e. The van der Waals surface area contributed by atoms with Crippen LogP contribution in [0.1, 0.15) is 18.1 Å². The van der Waals surface area contributed by atoms with Crippen LogP contribution in [0.2, 0.25) is 0 Å².